The molecule has 0 aliphatic heterocycles. The number of fused-ring (bicyclic) bond motifs is 1. The number of esters is 1. The Bertz CT molecular complexity index is 748. The van der Waals surface area contributed by atoms with E-state index in [-0.39, 0.29) is 18.2 Å². The van der Waals surface area contributed by atoms with Gasteiger partial charge in [0.05, 0.1) is 6.54 Å². The molecule has 23 heavy (non-hydrogen) atoms. The van der Waals surface area contributed by atoms with Crippen molar-refractivity contribution >= 4 is 28.8 Å². The molecule has 0 fully saturated rings. The van der Waals surface area contributed by atoms with Crippen LogP contribution in [0.15, 0.2) is 28.7 Å². The average molecular weight is 318 g/mol. The molecule has 0 aliphatic rings. The first kappa shape index (κ1) is 16.5. The molecule has 7 nitrogen and oxygen atoms in total. The number of benzene rings is 1. The van der Waals surface area contributed by atoms with Gasteiger partial charge in [0.15, 0.2) is 6.61 Å². The van der Waals surface area contributed by atoms with Crippen molar-refractivity contribution in [1.29, 1.82) is 0 Å². The molecule has 1 heterocycles. The summed E-state index contributed by atoms with van der Waals surface area (Å²) in [6, 6.07) is 7.23. The van der Waals surface area contributed by atoms with Gasteiger partial charge in [0.1, 0.15) is 5.58 Å². The topological polar surface area (TPSA) is 88.8 Å². The molecule has 7 heteroatoms. The van der Waals surface area contributed by atoms with Crippen LogP contribution in [-0.4, -0.2) is 49.9 Å². The summed E-state index contributed by atoms with van der Waals surface area (Å²) in [5, 5.41) is 3.19. The number of rotatable bonds is 5. The van der Waals surface area contributed by atoms with E-state index in [1.54, 1.807) is 33.2 Å². The number of hydrogen-bond acceptors (Lipinski definition) is 5. The van der Waals surface area contributed by atoms with Crippen molar-refractivity contribution in [2.24, 2.45) is 0 Å². The Morgan fingerprint density at radius 3 is 2.57 bits per heavy atom. The lowest BCUT2D eigenvalue weighted by Crippen LogP contribution is -2.38. The molecule has 1 aromatic heterocycles. The molecular formula is C16H18N2O5. The van der Waals surface area contributed by atoms with E-state index in [1.807, 2.05) is 12.1 Å². The first-order chi connectivity index (χ1) is 10.9. The molecule has 0 aliphatic carbocycles. The number of hydrogen-bond donors (Lipinski definition) is 1. The van der Waals surface area contributed by atoms with Gasteiger partial charge in [-0.15, -0.1) is 0 Å². The maximum absolute atomic E-state index is 12.0. The van der Waals surface area contributed by atoms with E-state index in [4.69, 9.17) is 9.15 Å². The van der Waals surface area contributed by atoms with Crippen LogP contribution in [0.5, 0.6) is 0 Å². The second-order valence-electron chi connectivity index (χ2n) is 5.19. The summed E-state index contributed by atoms with van der Waals surface area (Å²) >= 11 is 0. The van der Waals surface area contributed by atoms with Crippen LogP contribution in [0.25, 0.3) is 11.0 Å². The first-order valence-electron chi connectivity index (χ1n) is 7.02. The molecule has 0 spiro atoms. The zero-order chi connectivity index (χ0) is 17.0. The fraction of sp³-hybridized carbons (Fsp3) is 0.312. The van der Waals surface area contributed by atoms with Crippen LogP contribution in [-0.2, 0) is 14.3 Å². The average Bonchev–Trinajstić information content (AvgIpc) is 2.87. The van der Waals surface area contributed by atoms with Gasteiger partial charge in [-0.1, -0.05) is 18.2 Å². The smallest absolute Gasteiger partial charge is 0.375 e. The predicted octanol–water partition coefficient (Wildman–Crippen LogP) is 1.10. The van der Waals surface area contributed by atoms with Crippen molar-refractivity contribution in [2.45, 2.75) is 6.92 Å². The summed E-state index contributed by atoms with van der Waals surface area (Å²) in [7, 11) is 3.16. The number of amides is 2. The summed E-state index contributed by atoms with van der Waals surface area (Å²) < 4.78 is 10.4. The van der Waals surface area contributed by atoms with Gasteiger partial charge in [-0.05, 0) is 13.0 Å². The molecule has 122 valence electrons. The third-order valence-corrected chi connectivity index (χ3v) is 3.30. The van der Waals surface area contributed by atoms with Crippen LogP contribution < -0.4 is 5.32 Å². The summed E-state index contributed by atoms with van der Waals surface area (Å²) in [5.74, 6) is -1.45. The Hall–Kier alpha value is -2.83. The normalized spacial score (nSPS) is 10.4. The number of nitrogens with zero attached hydrogens (tertiary/aromatic N) is 1. The Balaban J connectivity index is 1.92. The van der Waals surface area contributed by atoms with E-state index in [1.165, 1.54) is 4.90 Å². The molecule has 1 N–H and O–H groups in total. The highest BCUT2D eigenvalue weighted by atomic mass is 16.5. The van der Waals surface area contributed by atoms with Gasteiger partial charge in [-0.3, -0.25) is 9.59 Å². The Morgan fingerprint density at radius 2 is 1.91 bits per heavy atom. The second-order valence-corrected chi connectivity index (χ2v) is 5.19. The van der Waals surface area contributed by atoms with Crippen LogP contribution in [0.2, 0.25) is 0 Å². The number of aryl methyl sites for hydroxylation is 1. The molecule has 0 saturated carbocycles. The third kappa shape index (κ3) is 3.88. The molecule has 0 atom stereocenters. The third-order valence-electron chi connectivity index (χ3n) is 3.30. The van der Waals surface area contributed by atoms with Crippen LogP contribution in [0.3, 0.4) is 0 Å². The minimum Gasteiger partial charge on any atom is -0.450 e. The minimum atomic E-state index is -0.715. The van der Waals surface area contributed by atoms with E-state index in [0.717, 1.165) is 5.39 Å². The van der Waals surface area contributed by atoms with Crippen molar-refractivity contribution in [3.63, 3.8) is 0 Å². The van der Waals surface area contributed by atoms with Crippen molar-refractivity contribution in [3.8, 4) is 0 Å². The number of likely N-dealkylation sites (N-methyl/N-ethyl adjacent to an activating group) is 1. The molecule has 0 unspecified atom stereocenters. The van der Waals surface area contributed by atoms with Crippen molar-refractivity contribution in [3.05, 3.63) is 35.6 Å². The van der Waals surface area contributed by atoms with Gasteiger partial charge < -0.3 is 19.4 Å². The monoisotopic (exact) mass is 318 g/mol. The first-order valence-corrected chi connectivity index (χ1v) is 7.02. The highest BCUT2D eigenvalue weighted by Crippen LogP contribution is 2.25. The van der Waals surface area contributed by atoms with Crippen molar-refractivity contribution in [2.75, 3.05) is 27.2 Å². The van der Waals surface area contributed by atoms with E-state index in [9.17, 15) is 14.4 Å². The van der Waals surface area contributed by atoms with Crippen molar-refractivity contribution in [1.82, 2.24) is 10.2 Å². The largest absolute Gasteiger partial charge is 0.450 e. The highest BCUT2D eigenvalue weighted by molar-refractivity contribution is 5.96. The van der Waals surface area contributed by atoms with Gasteiger partial charge in [-0.2, -0.15) is 0 Å². The number of furan rings is 1. The molecule has 0 saturated heterocycles. The number of nitrogens with one attached hydrogen (secondary N) is 1. The summed E-state index contributed by atoms with van der Waals surface area (Å²) in [6.07, 6.45) is 0. The number of carbonyl (C=O) groups excluding carboxylic acids is 3. The standard InChI is InChI=1S/C16H18N2O5/c1-10-11-6-4-5-7-12(11)23-15(10)16(21)22-9-13(19)17-8-14(20)18(2)3/h4-7H,8-9H2,1-3H3,(H,17,19). The van der Waals surface area contributed by atoms with Gasteiger partial charge in [0.2, 0.25) is 11.7 Å². The second kappa shape index (κ2) is 6.95. The van der Waals surface area contributed by atoms with Gasteiger partial charge >= 0.3 is 5.97 Å². The quantitative estimate of drug-likeness (QED) is 0.834. The summed E-state index contributed by atoms with van der Waals surface area (Å²) in [6.45, 7) is 1.13. The van der Waals surface area contributed by atoms with Gasteiger partial charge in [-0.25, -0.2) is 4.79 Å². The number of carbonyl (C=O) groups is 3. The zero-order valence-electron chi connectivity index (χ0n) is 13.2. The number of ether oxygens (including phenoxy) is 1. The fourth-order valence-electron chi connectivity index (χ4n) is 1.95. The lowest BCUT2D eigenvalue weighted by Gasteiger charge is -2.10. The Labute approximate surface area is 133 Å². The maximum atomic E-state index is 12.0. The highest BCUT2D eigenvalue weighted by Gasteiger charge is 2.19. The molecular weight excluding hydrogens is 300 g/mol. The van der Waals surface area contributed by atoms with Crippen molar-refractivity contribution < 1.29 is 23.5 Å². The molecule has 0 radical (unpaired) electrons. The summed E-state index contributed by atoms with van der Waals surface area (Å²) in [5.41, 5.74) is 1.24. The fourth-order valence-corrected chi connectivity index (χ4v) is 1.95. The maximum Gasteiger partial charge on any atom is 0.375 e. The van der Waals surface area contributed by atoms with E-state index in [2.05, 4.69) is 5.32 Å². The minimum absolute atomic E-state index is 0.0726. The van der Waals surface area contributed by atoms with Gasteiger partial charge in [0, 0.05) is 25.0 Å². The zero-order valence-corrected chi connectivity index (χ0v) is 13.2. The van der Waals surface area contributed by atoms with E-state index < -0.39 is 18.5 Å². The van der Waals surface area contributed by atoms with Crippen LogP contribution in [0.4, 0.5) is 0 Å². The lowest BCUT2D eigenvalue weighted by molar-refractivity contribution is -0.131. The lowest BCUT2D eigenvalue weighted by atomic mass is 10.1. The Kier molecular flexibility index (Phi) is 5.00. The van der Waals surface area contributed by atoms with Crippen LogP contribution >= 0.6 is 0 Å². The Morgan fingerprint density at radius 1 is 1.22 bits per heavy atom. The molecule has 2 rings (SSSR count). The summed E-state index contributed by atoms with van der Waals surface area (Å²) in [4.78, 5) is 36.3. The molecule has 2 aromatic rings. The van der Waals surface area contributed by atoms with E-state index in [0.29, 0.717) is 11.1 Å². The van der Waals surface area contributed by atoms with Crippen LogP contribution in [0, 0.1) is 6.92 Å². The molecule has 0 bridgehead atoms. The van der Waals surface area contributed by atoms with Crippen LogP contribution in [0.1, 0.15) is 16.1 Å². The van der Waals surface area contributed by atoms with E-state index >= 15 is 0 Å². The number of para-hydroxylation sites is 1. The molecule has 2 amide bonds. The SMILES string of the molecule is Cc1c(C(=O)OCC(=O)NCC(=O)N(C)C)oc2ccccc12. The molecule has 1 aromatic carbocycles. The van der Waals surface area contributed by atoms with Gasteiger partial charge in [0.25, 0.3) is 5.91 Å². The predicted molar refractivity (Wildman–Crippen MR) is 82.9 cm³/mol.